The lowest BCUT2D eigenvalue weighted by molar-refractivity contribution is 0.342. The van der Waals surface area contributed by atoms with E-state index in [-0.39, 0.29) is 12.4 Å². The van der Waals surface area contributed by atoms with Crippen molar-refractivity contribution in [1.82, 2.24) is 0 Å². The van der Waals surface area contributed by atoms with E-state index in [2.05, 4.69) is 6.58 Å². The van der Waals surface area contributed by atoms with E-state index in [1.807, 2.05) is 12.1 Å². The Kier molecular flexibility index (Phi) is 2.41. The zero-order chi connectivity index (χ0) is 12.5. The molecule has 0 saturated heterocycles. The molecule has 4 nitrogen and oxygen atoms in total. The van der Waals surface area contributed by atoms with Gasteiger partial charge in [-0.1, -0.05) is 12.7 Å². The topological polar surface area (TPSA) is 52.6 Å². The molecular formula is C14H10O4. The van der Waals surface area contributed by atoms with Gasteiger partial charge in [-0.25, -0.2) is 4.79 Å². The zero-order valence-corrected chi connectivity index (χ0v) is 9.51. The van der Waals surface area contributed by atoms with Crippen LogP contribution >= 0.6 is 0 Å². The maximum absolute atomic E-state index is 11.7. The zero-order valence-electron chi connectivity index (χ0n) is 9.51. The number of ether oxygens (including phenoxy) is 1. The highest BCUT2D eigenvalue weighted by atomic mass is 16.5. The highest BCUT2D eigenvalue weighted by Gasteiger charge is 2.08. The van der Waals surface area contributed by atoms with Gasteiger partial charge in [0, 0.05) is 16.8 Å². The van der Waals surface area contributed by atoms with Gasteiger partial charge in [-0.05, 0) is 18.2 Å². The summed E-state index contributed by atoms with van der Waals surface area (Å²) in [5, 5.41) is 1.74. The van der Waals surface area contributed by atoms with Crippen LogP contribution < -0.4 is 10.4 Å². The van der Waals surface area contributed by atoms with Crippen LogP contribution in [0.25, 0.3) is 21.9 Å². The van der Waals surface area contributed by atoms with E-state index in [1.54, 1.807) is 24.5 Å². The second-order valence-corrected chi connectivity index (χ2v) is 3.85. The molecule has 0 atom stereocenters. The molecule has 3 aromatic rings. The molecule has 0 fully saturated rings. The molecule has 90 valence electrons. The first kappa shape index (κ1) is 10.7. The van der Waals surface area contributed by atoms with Crippen molar-refractivity contribution >= 4 is 21.9 Å². The normalized spacial score (nSPS) is 10.9. The van der Waals surface area contributed by atoms with E-state index in [9.17, 15) is 4.79 Å². The Balaban J connectivity index is 2.23. The molecule has 0 aliphatic rings. The monoisotopic (exact) mass is 242 g/mol. The summed E-state index contributed by atoms with van der Waals surface area (Å²) in [6, 6.07) is 7.10. The Morgan fingerprint density at radius 1 is 1.22 bits per heavy atom. The number of rotatable bonds is 3. The smallest absolute Gasteiger partial charge is 0.379 e. The van der Waals surface area contributed by atoms with Crippen LogP contribution in [0.5, 0.6) is 5.75 Å². The lowest BCUT2D eigenvalue weighted by Crippen LogP contribution is -2.06. The van der Waals surface area contributed by atoms with Crippen molar-refractivity contribution in [2.24, 2.45) is 0 Å². The second-order valence-electron chi connectivity index (χ2n) is 3.85. The summed E-state index contributed by atoms with van der Waals surface area (Å²) < 4.78 is 15.7. The summed E-state index contributed by atoms with van der Waals surface area (Å²) in [5.74, 6) is 0.185. The first-order valence-electron chi connectivity index (χ1n) is 5.47. The molecule has 1 aromatic carbocycles. The molecule has 0 unspecified atom stereocenters. The van der Waals surface area contributed by atoms with Crippen molar-refractivity contribution < 1.29 is 13.6 Å². The number of hydrogen-bond donors (Lipinski definition) is 0. The average Bonchev–Trinajstić information content (AvgIpc) is 2.80. The molecule has 0 amide bonds. The van der Waals surface area contributed by atoms with Gasteiger partial charge in [-0.15, -0.1) is 0 Å². The number of hydrogen-bond acceptors (Lipinski definition) is 4. The molecule has 3 rings (SSSR count). The minimum Gasteiger partial charge on any atom is -0.482 e. The minimum atomic E-state index is -0.504. The van der Waals surface area contributed by atoms with Crippen LogP contribution in [0.1, 0.15) is 0 Å². The predicted molar refractivity (Wildman–Crippen MR) is 67.9 cm³/mol. The highest BCUT2D eigenvalue weighted by molar-refractivity contribution is 5.93. The van der Waals surface area contributed by atoms with Gasteiger partial charge >= 0.3 is 5.63 Å². The summed E-state index contributed by atoms with van der Waals surface area (Å²) in [7, 11) is 0. The van der Waals surface area contributed by atoms with Crippen LogP contribution in [0.3, 0.4) is 0 Å². The summed E-state index contributed by atoms with van der Waals surface area (Å²) >= 11 is 0. The van der Waals surface area contributed by atoms with Gasteiger partial charge in [0.25, 0.3) is 0 Å². The molecular weight excluding hydrogens is 232 g/mol. The van der Waals surface area contributed by atoms with Crippen LogP contribution in [0, 0.1) is 0 Å². The Morgan fingerprint density at radius 3 is 2.94 bits per heavy atom. The molecule has 0 spiro atoms. The second kappa shape index (κ2) is 4.07. The lowest BCUT2D eigenvalue weighted by atomic mass is 10.2. The minimum absolute atomic E-state index is 0.185. The largest absolute Gasteiger partial charge is 0.482 e. The Bertz CT molecular complexity index is 779. The van der Waals surface area contributed by atoms with Crippen LogP contribution in [0.15, 0.2) is 56.8 Å². The summed E-state index contributed by atoms with van der Waals surface area (Å²) in [5.41, 5.74) is 0.661. The van der Waals surface area contributed by atoms with Gasteiger partial charge in [0.15, 0.2) is 0 Å². The maximum atomic E-state index is 11.7. The first-order valence-corrected chi connectivity index (χ1v) is 5.47. The highest BCUT2D eigenvalue weighted by Crippen LogP contribution is 2.24. The first-order chi connectivity index (χ1) is 8.78. The van der Waals surface area contributed by atoms with E-state index in [0.717, 1.165) is 10.8 Å². The Labute approximate surface area is 102 Å². The standard InChI is InChI=1S/C14H10O4/c1-2-4-16-13-7-10-6-9-3-5-17-11(9)8-12(10)18-14(13)15/h2-3,5-8H,1,4H2. The third-order valence-electron chi connectivity index (χ3n) is 2.63. The van der Waals surface area contributed by atoms with Gasteiger partial charge in [-0.2, -0.15) is 0 Å². The van der Waals surface area contributed by atoms with E-state index >= 15 is 0 Å². The van der Waals surface area contributed by atoms with Crippen molar-refractivity contribution in [3.05, 3.63) is 53.6 Å². The fourth-order valence-corrected chi connectivity index (χ4v) is 1.81. The number of fused-ring (bicyclic) bond motifs is 2. The predicted octanol–water partition coefficient (Wildman–Crippen LogP) is 3.10. The SMILES string of the molecule is C=CCOc1cc2cc3ccoc3cc2oc1=O. The van der Waals surface area contributed by atoms with E-state index in [1.165, 1.54) is 0 Å². The maximum Gasteiger partial charge on any atom is 0.379 e. The van der Waals surface area contributed by atoms with E-state index < -0.39 is 5.63 Å². The summed E-state index contributed by atoms with van der Waals surface area (Å²) in [4.78, 5) is 11.7. The number of benzene rings is 1. The Morgan fingerprint density at radius 2 is 2.11 bits per heavy atom. The van der Waals surface area contributed by atoms with Crippen molar-refractivity contribution in [2.75, 3.05) is 6.61 Å². The van der Waals surface area contributed by atoms with Gasteiger partial charge < -0.3 is 13.6 Å². The van der Waals surface area contributed by atoms with E-state index in [0.29, 0.717) is 11.2 Å². The van der Waals surface area contributed by atoms with Gasteiger partial charge in [-0.3, -0.25) is 0 Å². The van der Waals surface area contributed by atoms with Crippen molar-refractivity contribution in [2.45, 2.75) is 0 Å². The van der Waals surface area contributed by atoms with Crippen LogP contribution in [0.2, 0.25) is 0 Å². The van der Waals surface area contributed by atoms with Crippen molar-refractivity contribution in [1.29, 1.82) is 0 Å². The van der Waals surface area contributed by atoms with Gasteiger partial charge in [0.2, 0.25) is 5.75 Å². The van der Waals surface area contributed by atoms with Crippen LogP contribution in [0.4, 0.5) is 0 Å². The fourth-order valence-electron chi connectivity index (χ4n) is 1.81. The summed E-state index contributed by atoms with van der Waals surface area (Å²) in [6.45, 7) is 3.80. The molecule has 0 bridgehead atoms. The molecule has 2 heterocycles. The molecule has 0 radical (unpaired) electrons. The molecule has 0 aliphatic carbocycles. The molecule has 0 aliphatic heterocycles. The van der Waals surface area contributed by atoms with Crippen LogP contribution in [-0.2, 0) is 0 Å². The molecule has 0 N–H and O–H groups in total. The fraction of sp³-hybridized carbons (Fsp3) is 0.0714. The average molecular weight is 242 g/mol. The lowest BCUT2D eigenvalue weighted by Gasteiger charge is -2.03. The quantitative estimate of drug-likeness (QED) is 0.523. The van der Waals surface area contributed by atoms with Crippen molar-refractivity contribution in [3.63, 3.8) is 0 Å². The van der Waals surface area contributed by atoms with Gasteiger partial charge in [0.1, 0.15) is 17.8 Å². The summed E-state index contributed by atoms with van der Waals surface area (Å²) in [6.07, 6.45) is 3.17. The number of furan rings is 1. The molecule has 2 aromatic heterocycles. The van der Waals surface area contributed by atoms with Gasteiger partial charge in [0.05, 0.1) is 6.26 Å². The van der Waals surface area contributed by atoms with Crippen molar-refractivity contribution in [3.8, 4) is 5.75 Å². The molecule has 4 heteroatoms. The third kappa shape index (κ3) is 1.68. The van der Waals surface area contributed by atoms with Crippen LogP contribution in [-0.4, -0.2) is 6.61 Å². The van der Waals surface area contributed by atoms with E-state index in [4.69, 9.17) is 13.6 Å². The Hall–Kier alpha value is -2.49. The molecule has 0 saturated carbocycles. The molecule has 18 heavy (non-hydrogen) atoms. The third-order valence-corrected chi connectivity index (χ3v) is 2.63.